The van der Waals surface area contributed by atoms with Crippen LogP contribution in [0.1, 0.15) is 70.4 Å². The van der Waals surface area contributed by atoms with E-state index in [2.05, 4.69) is 57.7 Å². The number of hydrogen-bond acceptors (Lipinski definition) is 3. The molecule has 0 fully saturated rings. The van der Waals surface area contributed by atoms with E-state index in [9.17, 15) is 4.79 Å². The number of unbranched alkanes of at least 4 members (excludes halogenated alkanes) is 1. The van der Waals surface area contributed by atoms with Gasteiger partial charge in [-0.25, -0.2) is 4.79 Å². The number of fused-ring (bicyclic) bond motifs is 1. The Hall–Kier alpha value is -1.51. The summed E-state index contributed by atoms with van der Waals surface area (Å²) in [4.78, 5) is 14.8. The molecule has 1 aromatic rings. The average Bonchev–Trinajstić information content (AvgIpc) is 2.48. The summed E-state index contributed by atoms with van der Waals surface area (Å²) in [5.41, 5.74) is 3.73. The lowest BCUT2D eigenvalue weighted by molar-refractivity contribution is -0.142. The minimum atomic E-state index is -0.206. The fraction of sp³-hybridized carbons (Fsp3) is 0.650. The maximum absolute atomic E-state index is 12.5. The first-order chi connectivity index (χ1) is 10.8. The number of anilines is 1. The number of ether oxygens (including phenoxy) is 1. The van der Waals surface area contributed by atoms with Gasteiger partial charge in [0.25, 0.3) is 0 Å². The molecule has 0 unspecified atom stereocenters. The third-order valence-electron chi connectivity index (χ3n) is 5.05. The van der Waals surface area contributed by atoms with E-state index in [4.69, 9.17) is 4.74 Å². The van der Waals surface area contributed by atoms with E-state index in [-0.39, 0.29) is 17.6 Å². The van der Waals surface area contributed by atoms with Gasteiger partial charge in [0.15, 0.2) is 0 Å². The Balaban J connectivity index is 2.53. The standard InChI is InChI=1S/C20H31NO2/c1-7-8-9-17(19(22)23-6)21-18-12-14(2)10-11-16(18)15(3)13-20(21,4)5/h10-12,15,17H,7-9,13H2,1-6H3/t15-,17-/m1/s1. The molecule has 23 heavy (non-hydrogen) atoms. The normalized spacial score (nSPS) is 20.8. The Bertz CT molecular complexity index is 565. The topological polar surface area (TPSA) is 29.5 Å². The minimum Gasteiger partial charge on any atom is -0.467 e. The molecule has 0 saturated carbocycles. The van der Waals surface area contributed by atoms with Crippen LogP contribution in [0.25, 0.3) is 0 Å². The maximum Gasteiger partial charge on any atom is 0.328 e. The van der Waals surface area contributed by atoms with Crippen molar-refractivity contribution < 1.29 is 9.53 Å². The number of hydrogen-bond donors (Lipinski definition) is 0. The summed E-state index contributed by atoms with van der Waals surface area (Å²) in [6, 6.07) is 6.42. The van der Waals surface area contributed by atoms with E-state index >= 15 is 0 Å². The van der Waals surface area contributed by atoms with Gasteiger partial charge < -0.3 is 9.64 Å². The van der Waals surface area contributed by atoms with E-state index in [0.717, 1.165) is 25.7 Å². The van der Waals surface area contributed by atoms with Crippen molar-refractivity contribution >= 4 is 11.7 Å². The maximum atomic E-state index is 12.5. The van der Waals surface area contributed by atoms with Gasteiger partial charge in [0.2, 0.25) is 0 Å². The summed E-state index contributed by atoms with van der Waals surface area (Å²) in [7, 11) is 1.50. The smallest absolute Gasteiger partial charge is 0.328 e. The molecule has 0 amide bonds. The fourth-order valence-electron chi connectivity index (χ4n) is 4.04. The summed E-state index contributed by atoms with van der Waals surface area (Å²) in [6.45, 7) is 11.1. The number of methoxy groups -OCH3 is 1. The lowest BCUT2D eigenvalue weighted by atomic mass is 9.78. The third kappa shape index (κ3) is 3.54. The summed E-state index contributed by atoms with van der Waals surface area (Å²) in [6.07, 6.45) is 4.00. The van der Waals surface area contributed by atoms with Crippen LogP contribution in [0, 0.1) is 6.92 Å². The molecule has 2 atom stereocenters. The summed E-state index contributed by atoms with van der Waals surface area (Å²) in [5, 5.41) is 0. The number of carbonyl (C=O) groups excluding carboxylic acids is 1. The molecule has 0 N–H and O–H groups in total. The van der Waals surface area contributed by atoms with Gasteiger partial charge in [-0.3, -0.25) is 0 Å². The molecule has 1 aromatic carbocycles. The molecule has 1 aliphatic heterocycles. The van der Waals surface area contributed by atoms with Crippen molar-refractivity contribution in [2.75, 3.05) is 12.0 Å². The van der Waals surface area contributed by atoms with Gasteiger partial charge in [-0.2, -0.15) is 0 Å². The van der Waals surface area contributed by atoms with Crippen molar-refractivity contribution in [2.45, 2.75) is 77.8 Å². The van der Waals surface area contributed by atoms with E-state index in [1.165, 1.54) is 23.9 Å². The van der Waals surface area contributed by atoms with Crippen LogP contribution in [0.15, 0.2) is 18.2 Å². The number of aryl methyl sites for hydroxylation is 1. The molecule has 0 radical (unpaired) electrons. The zero-order chi connectivity index (χ0) is 17.2. The van der Waals surface area contributed by atoms with Crippen LogP contribution >= 0.6 is 0 Å². The lowest BCUT2D eigenvalue weighted by Crippen LogP contribution is -2.56. The van der Waals surface area contributed by atoms with Crippen LogP contribution in [0.3, 0.4) is 0 Å². The monoisotopic (exact) mass is 317 g/mol. The highest BCUT2D eigenvalue weighted by Gasteiger charge is 2.42. The van der Waals surface area contributed by atoms with Crippen LogP contribution in [0.5, 0.6) is 0 Å². The molecular weight excluding hydrogens is 286 g/mol. The van der Waals surface area contributed by atoms with Crippen molar-refractivity contribution in [1.82, 2.24) is 0 Å². The fourth-order valence-corrected chi connectivity index (χ4v) is 4.04. The van der Waals surface area contributed by atoms with Crippen LogP contribution in [-0.4, -0.2) is 24.7 Å². The third-order valence-corrected chi connectivity index (χ3v) is 5.05. The number of nitrogens with zero attached hydrogens (tertiary/aromatic N) is 1. The van der Waals surface area contributed by atoms with Gasteiger partial charge >= 0.3 is 5.97 Å². The van der Waals surface area contributed by atoms with Crippen LogP contribution in [0.4, 0.5) is 5.69 Å². The Labute approximate surface area is 141 Å². The molecule has 0 aromatic heterocycles. The van der Waals surface area contributed by atoms with Crippen molar-refractivity contribution in [2.24, 2.45) is 0 Å². The first kappa shape index (κ1) is 17.8. The highest BCUT2D eigenvalue weighted by atomic mass is 16.5. The zero-order valence-corrected chi connectivity index (χ0v) is 15.5. The Kier molecular flexibility index (Phi) is 5.38. The summed E-state index contributed by atoms with van der Waals surface area (Å²) in [5.74, 6) is 0.384. The first-order valence-electron chi connectivity index (χ1n) is 8.79. The van der Waals surface area contributed by atoms with Crippen LogP contribution in [0.2, 0.25) is 0 Å². The number of rotatable bonds is 5. The van der Waals surface area contributed by atoms with E-state index in [0.29, 0.717) is 5.92 Å². The molecular formula is C20H31NO2. The molecule has 3 nitrogen and oxygen atoms in total. The molecule has 0 spiro atoms. The van der Waals surface area contributed by atoms with Crippen LogP contribution in [-0.2, 0) is 9.53 Å². The molecule has 1 aliphatic rings. The number of carbonyl (C=O) groups is 1. The Morgan fingerprint density at radius 3 is 2.74 bits per heavy atom. The summed E-state index contributed by atoms with van der Waals surface area (Å²) >= 11 is 0. The molecule has 2 rings (SSSR count). The summed E-state index contributed by atoms with van der Waals surface area (Å²) < 4.78 is 5.15. The SMILES string of the molecule is CCCC[C@H](C(=O)OC)N1c2cc(C)ccc2[C@H](C)CC1(C)C. The predicted molar refractivity (Wildman–Crippen MR) is 96.1 cm³/mol. The highest BCUT2D eigenvalue weighted by Crippen LogP contribution is 2.45. The van der Waals surface area contributed by atoms with Crippen LogP contribution < -0.4 is 4.90 Å². The second-order valence-electron chi connectivity index (χ2n) is 7.53. The predicted octanol–water partition coefficient (Wildman–Crippen LogP) is 4.82. The van der Waals surface area contributed by atoms with Crippen molar-refractivity contribution in [3.8, 4) is 0 Å². The van der Waals surface area contributed by atoms with Gasteiger partial charge in [0.05, 0.1) is 7.11 Å². The van der Waals surface area contributed by atoms with Crippen molar-refractivity contribution in [3.05, 3.63) is 29.3 Å². The van der Waals surface area contributed by atoms with Gasteiger partial charge in [0.1, 0.15) is 6.04 Å². The molecule has 0 bridgehead atoms. The van der Waals surface area contributed by atoms with E-state index < -0.39 is 0 Å². The first-order valence-corrected chi connectivity index (χ1v) is 8.79. The minimum absolute atomic E-state index is 0.0627. The second-order valence-corrected chi connectivity index (χ2v) is 7.53. The highest BCUT2D eigenvalue weighted by molar-refractivity contribution is 5.82. The molecule has 0 aliphatic carbocycles. The lowest BCUT2D eigenvalue weighted by Gasteiger charge is -2.50. The molecule has 3 heteroatoms. The van der Waals surface area contributed by atoms with Gasteiger partial charge in [-0.05, 0) is 56.7 Å². The van der Waals surface area contributed by atoms with E-state index in [1.807, 2.05) is 0 Å². The molecule has 0 saturated heterocycles. The average molecular weight is 317 g/mol. The Morgan fingerprint density at radius 1 is 1.43 bits per heavy atom. The van der Waals surface area contributed by atoms with Crippen molar-refractivity contribution in [3.63, 3.8) is 0 Å². The molecule has 128 valence electrons. The van der Waals surface area contributed by atoms with Crippen molar-refractivity contribution in [1.29, 1.82) is 0 Å². The van der Waals surface area contributed by atoms with Gasteiger partial charge in [-0.15, -0.1) is 0 Å². The second kappa shape index (κ2) is 6.94. The number of benzene rings is 1. The molecule has 1 heterocycles. The zero-order valence-electron chi connectivity index (χ0n) is 15.5. The largest absolute Gasteiger partial charge is 0.467 e. The van der Waals surface area contributed by atoms with Gasteiger partial charge in [0, 0.05) is 11.2 Å². The van der Waals surface area contributed by atoms with Gasteiger partial charge in [-0.1, -0.05) is 38.8 Å². The number of esters is 1. The van der Waals surface area contributed by atoms with E-state index in [1.54, 1.807) is 0 Å². The Morgan fingerprint density at radius 2 is 2.13 bits per heavy atom. The quantitative estimate of drug-likeness (QED) is 0.729.